The van der Waals surface area contributed by atoms with Crippen LogP contribution in [0.1, 0.15) is 26.1 Å². The first kappa shape index (κ1) is 19.2. The molecule has 2 N–H and O–H groups in total. The highest BCUT2D eigenvalue weighted by Crippen LogP contribution is 2.21. The largest absolute Gasteiger partial charge is 0.396 e. The first-order valence-electron chi connectivity index (χ1n) is 6.58. The molecule has 124 valence electrons. The highest BCUT2D eigenvalue weighted by Gasteiger charge is 2.08. The summed E-state index contributed by atoms with van der Waals surface area (Å²) >= 11 is 3.44. The number of aliphatic hydroxyl groups excluding tert-OH is 1. The van der Waals surface area contributed by atoms with Crippen molar-refractivity contribution in [2.75, 3.05) is 12.9 Å². The molecule has 0 saturated heterocycles. The van der Waals surface area contributed by atoms with Crippen LogP contribution >= 0.6 is 22.7 Å². The molecule has 0 unspecified atom stereocenters. The molecule has 2 aromatic heterocycles. The molecule has 2 aromatic rings. The molecule has 0 spiro atoms. The summed E-state index contributed by atoms with van der Waals surface area (Å²) in [6.45, 7) is 4.27. The molecule has 9 heteroatoms. The third-order valence-corrected chi connectivity index (χ3v) is 4.96. The molecule has 0 aliphatic heterocycles. The van der Waals surface area contributed by atoms with Crippen molar-refractivity contribution in [3.63, 3.8) is 0 Å². The van der Waals surface area contributed by atoms with Crippen molar-refractivity contribution >= 4 is 32.8 Å². The molecule has 0 radical (unpaired) electrons. The van der Waals surface area contributed by atoms with Crippen LogP contribution in [0.25, 0.3) is 0 Å². The monoisotopic (exact) mass is 364 g/mol. The lowest BCUT2D eigenvalue weighted by Crippen LogP contribution is -1.90. The number of aliphatic hydroxyl groups is 1. The number of nitrogens with zero attached hydrogens (tertiary/aromatic N) is 2. The molecular formula is C13H20N2O4S3. The topological polar surface area (TPSA) is 100 Å². The second-order valence-corrected chi connectivity index (χ2v) is 8.26. The lowest BCUT2D eigenvalue weighted by Gasteiger charge is -1.95. The summed E-state index contributed by atoms with van der Waals surface area (Å²) in [5.74, 6) is 0. The normalized spacial score (nSPS) is 11.1. The Morgan fingerprint density at radius 1 is 1.14 bits per heavy atom. The Bertz CT molecular complexity index is 684. The van der Waals surface area contributed by atoms with Gasteiger partial charge in [0.05, 0.1) is 28.2 Å². The van der Waals surface area contributed by atoms with Crippen LogP contribution in [0.5, 0.6) is 0 Å². The molecule has 0 aromatic carbocycles. The third-order valence-electron chi connectivity index (χ3n) is 2.69. The highest BCUT2D eigenvalue weighted by molar-refractivity contribution is 7.85. The number of hydrogen-bond acceptors (Lipinski definition) is 7. The Hall–Kier alpha value is -0.870. The summed E-state index contributed by atoms with van der Waals surface area (Å²) in [5, 5.41) is 10.1. The van der Waals surface area contributed by atoms with E-state index in [1.165, 1.54) is 14.8 Å². The molecule has 0 bridgehead atoms. The van der Waals surface area contributed by atoms with Gasteiger partial charge in [-0.1, -0.05) is 0 Å². The molecule has 0 fully saturated rings. The maximum Gasteiger partial charge on any atom is 0.261 e. The van der Waals surface area contributed by atoms with Crippen LogP contribution in [0.2, 0.25) is 0 Å². The van der Waals surface area contributed by atoms with Crippen LogP contribution < -0.4 is 0 Å². The van der Waals surface area contributed by atoms with Crippen LogP contribution in [0, 0.1) is 13.8 Å². The summed E-state index contributed by atoms with van der Waals surface area (Å²) in [6.07, 6.45) is 3.43. The van der Waals surface area contributed by atoms with Crippen molar-refractivity contribution in [1.82, 2.24) is 9.97 Å². The molecule has 0 saturated carbocycles. The van der Waals surface area contributed by atoms with Gasteiger partial charge >= 0.3 is 0 Å². The summed E-state index contributed by atoms with van der Waals surface area (Å²) < 4.78 is 25.9. The van der Waals surface area contributed by atoms with E-state index in [0.717, 1.165) is 30.7 Å². The lowest BCUT2D eigenvalue weighted by atomic mass is 10.2. The highest BCUT2D eigenvalue weighted by atomic mass is 32.2. The van der Waals surface area contributed by atoms with Crippen molar-refractivity contribution in [3.05, 3.63) is 31.7 Å². The van der Waals surface area contributed by atoms with Gasteiger partial charge in [-0.25, -0.2) is 9.97 Å². The summed E-state index contributed by atoms with van der Waals surface area (Å²) in [5.41, 5.74) is 4.11. The molecule has 0 aliphatic carbocycles. The predicted molar refractivity (Wildman–Crippen MR) is 89.4 cm³/mol. The van der Waals surface area contributed by atoms with Crippen molar-refractivity contribution in [1.29, 1.82) is 0 Å². The Morgan fingerprint density at radius 3 is 2.27 bits per heavy atom. The summed E-state index contributed by atoms with van der Waals surface area (Å²) in [7, 11) is -3.67. The standard InChI is InChI=1S/C12H16N2OS2.CH4O3S/c1-8-10(16-7-13-8)3-4-12-14-9(2)11(17-12)5-6-15;1-5(2,3)4/h7,15H,3-6H2,1-2H3;1H3,(H,2,3,4). The molecular weight excluding hydrogens is 344 g/mol. The molecule has 22 heavy (non-hydrogen) atoms. The Labute approximate surface area is 138 Å². The van der Waals surface area contributed by atoms with Crippen molar-refractivity contribution in [2.24, 2.45) is 0 Å². The van der Waals surface area contributed by atoms with Gasteiger partial charge in [-0.2, -0.15) is 8.42 Å². The maximum atomic E-state index is 9.19. The number of aryl methyl sites for hydroxylation is 4. The minimum absolute atomic E-state index is 0.205. The summed E-state index contributed by atoms with van der Waals surface area (Å²) in [6, 6.07) is 0. The van der Waals surface area contributed by atoms with Crippen LogP contribution in [0.15, 0.2) is 5.51 Å². The second-order valence-electron chi connectivity index (χ2n) is 4.68. The molecule has 6 nitrogen and oxygen atoms in total. The molecule has 2 heterocycles. The molecule has 0 aliphatic rings. The van der Waals surface area contributed by atoms with E-state index in [9.17, 15) is 8.42 Å². The first-order valence-corrected chi connectivity index (χ1v) is 10.1. The first-order chi connectivity index (χ1) is 10.2. The van der Waals surface area contributed by atoms with Gasteiger partial charge in [0.1, 0.15) is 0 Å². The zero-order valence-corrected chi connectivity index (χ0v) is 15.2. The van der Waals surface area contributed by atoms with Crippen LogP contribution in [-0.4, -0.2) is 40.9 Å². The third kappa shape index (κ3) is 7.41. The lowest BCUT2D eigenvalue weighted by molar-refractivity contribution is 0.300. The molecule has 2 rings (SSSR count). The van der Waals surface area contributed by atoms with Gasteiger partial charge in [-0.3, -0.25) is 4.55 Å². The Kier molecular flexibility index (Phi) is 7.57. The van der Waals surface area contributed by atoms with E-state index in [4.69, 9.17) is 9.66 Å². The Morgan fingerprint density at radius 2 is 1.77 bits per heavy atom. The zero-order chi connectivity index (χ0) is 16.8. The van der Waals surface area contributed by atoms with E-state index in [1.54, 1.807) is 22.7 Å². The van der Waals surface area contributed by atoms with Crippen molar-refractivity contribution < 1.29 is 18.1 Å². The van der Waals surface area contributed by atoms with Crippen molar-refractivity contribution in [3.8, 4) is 0 Å². The van der Waals surface area contributed by atoms with E-state index in [1.807, 2.05) is 12.4 Å². The van der Waals surface area contributed by atoms with Crippen LogP contribution in [0.4, 0.5) is 0 Å². The minimum atomic E-state index is -3.67. The van der Waals surface area contributed by atoms with Gasteiger partial charge in [0.2, 0.25) is 0 Å². The Balaban J connectivity index is 0.000000422. The van der Waals surface area contributed by atoms with E-state index in [-0.39, 0.29) is 6.61 Å². The maximum absolute atomic E-state index is 9.19. The van der Waals surface area contributed by atoms with Gasteiger partial charge in [0, 0.05) is 29.2 Å². The fourth-order valence-electron chi connectivity index (χ4n) is 1.72. The summed E-state index contributed by atoms with van der Waals surface area (Å²) in [4.78, 5) is 11.4. The van der Waals surface area contributed by atoms with E-state index in [0.29, 0.717) is 6.26 Å². The number of rotatable bonds is 5. The minimum Gasteiger partial charge on any atom is -0.396 e. The molecule has 0 amide bonds. The van der Waals surface area contributed by atoms with Gasteiger partial charge in [-0.05, 0) is 20.3 Å². The second kappa shape index (κ2) is 8.68. The van der Waals surface area contributed by atoms with Gasteiger partial charge < -0.3 is 5.11 Å². The van der Waals surface area contributed by atoms with Gasteiger partial charge in [-0.15, -0.1) is 22.7 Å². The smallest absolute Gasteiger partial charge is 0.261 e. The number of aromatic nitrogens is 2. The predicted octanol–water partition coefficient (Wildman–Crippen LogP) is 2.04. The van der Waals surface area contributed by atoms with Gasteiger partial charge in [0.15, 0.2) is 0 Å². The van der Waals surface area contributed by atoms with Crippen molar-refractivity contribution in [2.45, 2.75) is 33.1 Å². The SMILES string of the molecule is CS(=O)(=O)O.Cc1ncsc1CCc1nc(C)c(CCO)s1. The fourth-order valence-corrected chi connectivity index (χ4v) is 3.55. The molecule has 0 atom stereocenters. The van der Waals surface area contributed by atoms with Crippen LogP contribution in [0.3, 0.4) is 0 Å². The van der Waals surface area contributed by atoms with E-state index in [2.05, 4.69) is 16.9 Å². The zero-order valence-electron chi connectivity index (χ0n) is 12.7. The quantitative estimate of drug-likeness (QED) is 0.788. The average Bonchev–Trinajstić information content (AvgIpc) is 2.93. The van der Waals surface area contributed by atoms with Crippen LogP contribution in [-0.2, 0) is 29.4 Å². The average molecular weight is 365 g/mol. The number of hydrogen-bond donors (Lipinski definition) is 2. The number of thiazole rings is 2. The van der Waals surface area contributed by atoms with E-state index >= 15 is 0 Å². The van der Waals surface area contributed by atoms with Gasteiger partial charge in [0.25, 0.3) is 10.1 Å². The van der Waals surface area contributed by atoms with E-state index < -0.39 is 10.1 Å². The fraction of sp³-hybridized carbons (Fsp3) is 0.538.